The minimum Gasteiger partial charge on any atom is -0.447 e. The van der Waals surface area contributed by atoms with Gasteiger partial charge >= 0.3 is 0 Å². The Morgan fingerprint density at radius 3 is 3.00 bits per heavy atom. The van der Waals surface area contributed by atoms with Crippen molar-refractivity contribution in [3.63, 3.8) is 0 Å². The molecule has 0 fully saturated rings. The third kappa shape index (κ3) is 2.89. The maximum atomic E-state index is 13.6. The van der Waals surface area contributed by atoms with Gasteiger partial charge in [-0.3, -0.25) is 9.48 Å². The van der Waals surface area contributed by atoms with Gasteiger partial charge in [0.2, 0.25) is 5.89 Å². The SMILES string of the molecule is C[C@H](NC(=O)c1c[nH]c2ncc(-c3nn(C)c4cc(F)ccc34)nc12)c1ncco1. The lowest BCUT2D eigenvalue weighted by Crippen LogP contribution is -2.26. The van der Waals surface area contributed by atoms with E-state index in [0.717, 1.165) is 5.39 Å². The second-order valence-electron chi connectivity index (χ2n) is 6.85. The van der Waals surface area contributed by atoms with Gasteiger partial charge in [0, 0.05) is 18.6 Å². The van der Waals surface area contributed by atoms with E-state index in [9.17, 15) is 9.18 Å². The largest absolute Gasteiger partial charge is 0.447 e. The summed E-state index contributed by atoms with van der Waals surface area (Å²) in [5.41, 5.74) is 2.89. The zero-order valence-electron chi connectivity index (χ0n) is 16.0. The van der Waals surface area contributed by atoms with E-state index in [2.05, 4.69) is 30.4 Å². The lowest BCUT2D eigenvalue weighted by molar-refractivity contribution is 0.0935. The van der Waals surface area contributed by atoms with Gasteiger partial charge in [0.1, 0.15) is 35.0 Å². The molecule has 1 amide bonds. The van der Waals surface area contributed by atoms with Crippen LogP contribution in [0.5, 0.6) is 0 Å². The summed E-state index contributed by atoms with van der Waals surface area (Å²) in [4.78, 5) is 28.8. The molecule has 9 nitrogen and oxygen atoms in total. The van der Waals surface area contributed by atoms with Crippen molar-refractivity contribution in [2.45, 2.75) is 13.0 Å². The van der Waals surface area contributed by atoms with E-state index in [4.69, 9.17) is 4.42 Å². The third-order valence-corrected chi connectivity index (χ3v) is 4.85. The average Bonchev–Trinajstić information content (AvgIpc) is 3.46. The van der Waals surface area contributed by atoms with Gasteiger partial charge in [0.15, 0.2) is 5.65 Å². The Balaban J connectivity index is 1.55. The molecule has 0 radical (unpaired) electrons. The number of aromatic amines is 1. The van der Waals surface area contributed by atoms with Crippen LogP contribution in [0.15, 0.2) is 47.5 Å². The molecule has 1 atom stereocenters. The molecule has 0 unspecified atom stereocenters. The standard InChI is InChI=1S/C20H16FN7O2/c1-10(20-22-5-6-30-20)25-19(29)13-8-23-18-17(13)26-14(9-24-18)16-12-4-3-11(21)7-15(12)28(2)27-16/h3-10H,1-2H3,(H,23,24)(H,25,29)/t10-/m0/s1. The number of carbonyl (C=O) groups excluding carboxylic acids is 1. The predicted molar refractivity (Wildman–Crippen MR) is 106 cm³/mol. The zero-order valence-corrected chi connectivity index (χ0v) is 16.0. The number of rotatable bonds is 4. The van der Waals surface area contributed by atoms with Gasteiger partial charge in [-0.2, -0.15) is 5.10 Å². The van der Waals surface area contributed by atoms with Crippen LogP contribution in [-0.2, 0) is 7.05 Å². The maximum Gasteiger partial charge on any atom is 0.255 e. The second-order valence-corrected chi connectivity index (χ2v) is 6.85. The lowest BCUT2D eigenvalue weighted by atomic mass is 10.1. The van der Waals surface area contributed by atoms with Crippen LogP contribution in [0, 0.1) is 5.82 Å². The van der Waals surface area contributed by atoms with E-state index in [1.165, 1.54) is 24.6 Å². The average molecular weight is 405 g/mol. The van der Waals surface area contributed by atoms with Crippen molar-refractivity contribution in [2.75, 3.05) is 0 Å². The number of carbonyl (C=O) groups is 1. The number of halogens is 1. The van der Waals surface area contributed by atoms with Crippen LogP contribution in [0.2, 0.25) is 0 Å². The molecule has 0 bridgehead atoms. The van der Waals surface area contributed by atoms with Crippen molar-refractivity contribution in [1.29, 1.82) is 0 Å². The first kappa shape index (κ1) is 18.0. The summed E-state index contributed by atoms with van der Waals surface area (Å²) >= 11 is 0. The summed E-state index contributed by atoms with van der Waals surface area (Å²) in [6.07, 6.45) is 6.09. The number of H-pyrrole nitrogens is 1. The second kappa shape index (κ2) is 6.76. The molecule has 0 spiro atoms. The number of nitrogens with one attached hydrogen (secondary N) is 2. The minimum absolute atomic E-state index is 0.337. The van der Waals surface area contributed by atoms with Crippen LogP contribution in [0.1, 0.15) is 29.2 Å². The van der Waals surface area contributed by atoms with Gasteiger partial charge < -0.3 is 14.7 Å². The summed E-state index contributed by atoms with van der Waals surface area (Å²) in [7, 11) is 1.73. The molecular weight excluding hydrogens is 389 g/mol. The highest BCUT2D eigenvalue weighted by Gasteiger charge is 2.20. The van der Waals surface area contributed by atoms with Crippen LogP contribution in [0.4, 0.5) is 4.39 Å². The molecule has 5 aromatic rings. The Morgan fingerprint density at radius 2 is 2.20 bits per heavy atom. The van der Waals surface area contributed by atoms with Crippen molar-refractivity contribution in [3.05, 3.63) is 60.3 Å². The van der Waals surface area contributed by atoms with Crippen molar-refractivity contribution >= 4 is 28.0 Å². The van der Waals surface area contributed by atoms with Gasteiger partial charge in [0.25, 0.3) is 5.91 Å². The first-order valence-electron chi connectivity index (χ1n) is 9.18. The number of aryl methyl sites for hydroxylation is 1. The lowest BCUT2D eigenvalue weighted by Gasteiger charge is -2.09. The van der Waals surface area contributed by atoms with Crippen LogP contribution < -0.4 is 5.32 Å². The van der Waals surface area contributed by atoms with Crippen LogP contribution in [0.25, 0.3) is 33.5 Å². The molecule has 5 rings (SSSR count). The number of amides is 1. The minimum atomic E-state index is -0.414. The van der Waals surface area contributed by atoms with E-state index in [0.29, 0.717) is 39.5 Å². The zero-order chi connectivity index (χ0) is 20.8. The molecule has 0 saturated heterocycles. The molecule has 1 aromatic carbocycles. The molecular formula is C20H16FN7O2. The van der Waals surface area contributed by atoms with Crippen LogP contribution >= 0.6 is 0 Å². The van der Waals surface area contributed by atoms with E-state index in [1.54, 1.807) is 37.1 Å². The molecule has 150 valence electrons. The molecule has 0 aliphatic heterocycles. The summed E-state index contributed by atoms with van der Waals surface area (Å²) in [6, 6.07) is 4.03. The highest BCUT2D eigenvalue weighted by atomic mass is 19.1. The van der Waals surface area contributed by atoms with Crippen molar-refractivity contribution < 1.29 is 13.6 Å². The van der Waals surface area contributed by atoms with E-state index >= 15 is 0 Å². The Bertz CT molecular complexity index is 1390. The third-order valence-electron chi connectivity index (χ3n) is 4.85. The number of fused-ring (bicyclic) bond motifs is 2. The van der Waals surface area contributed by atoms with Gasteiger partial charge in [-0.25, -0.2) is 19.3 Å². The summed E-state index contributed by atoms with van der Waals surface area (Å²) in [5.74, 6) is -0.281. The fourth-order valence-corrected chi connectivity index (χ4v) is 3.38. The van der Waals surface area contributed by atoms with Crippen LogP contribution in [0.3, 0.4) is 0 Å². The molecule has 0 aliphatic carbocycles. The number of nitrogens with zero attached hydrogens (tertiary/aromatic N) is 5. The fraction of sp³-hybridized carbons (Fsp3) is 0.150. The van der Waals surface area contributed by atoms with Crippen molar-refractivity contribution in [3.8, 4) is 11.4 Å². The van der Waals surface area contributed by atoms with Crippen LogP contribution in [-0.4, -0.2) is 35.6 Å². The topological polar surface area (TPSA) is 115 Å². The summed E-state index contributed by atoms with van der Waals surface area (Å²) < 4.78 is 20.4. The van der Waals surface area contributed by atoms with Gasteiger partial charge in [-0.1, -0.05) is 0 Å². The van der Waals surface area contributed by atoms with Crippen molar-refractivity contribution in [1.82, 2.24) is 35.0 Å². The molecule has 2 N–H and O–H groups in total. The fourth-order valence-electron chi connectivity index (χ4n) is 3.38. The quantitative estimate of drug-likeness (QED) is 0.475. The maximum absolute atomic E-state index is 13.6. The smallest absolute Gasteiger partial charge is 0.255 e. The Morgan fingerprint density at radius 1 is 1.33 bits per heavy atom. The van der Waals surface area contributed by atoms with Crippen molar-refractivity contribution in [2.24, 2.45) is 7.05 Å². The van der Waals surface area contributed by atoms with E-state index in [-0.39, 0.29) is 11.7 Å². The number of benzene rings is 1. The summed E-state index contributed by atoms with van der Waals surface area (Å²) in [6.45, 7) is 1.77. The summed E-state index contributed by atoms with van der Waals surface area (Å²) in [5, 5.41) is 8.04. The van der Waals surface area contributed by atoms with E-state index < -0.39 is 6.04 Å². The van der Waals surface area contributed by atoms with E-state index in [1.807, 2.05) is 0 Å². The highest BCUT2D eigenvalue weighted by Crippen LogP contribution is 2.28. The molecule has 0 saturated carbocycles. The normalized spacial score (nSPS) is 12.5. The molecule has 4 heterocycles. The first-order chi connectivity index (χ1) is 14.5. The molecule has 0 aliphatic rings. The Hall–Kier alpha value is -4.08. The number of oxazole rings is 1. The number of hydrogen-bond donors (Lipinski definition) is 2. The van der Waals surface area contributed by atoms with Gasteiger partial charge in [-0.15, -0.1) is 0 Å². The Labute approximate surface area is 169 Å². The van der Waals surface area contributed by atoms with Gasteiger partial charge in [0.05, 0.1) is 23.5 Å². The highest BCUT2D eigenvalue weighted by molar-refractivity contribution is 6.05. The molecule has 10 heteroatoms. The number of aromatic nitrogens is 6. The first-order valence-corrected chi connectivity index (χ1v) is 9.18. The van der Waals surface area contributed by atoms with Gasteiger partial charge in [-0.05, 0) is 25.1 Å². The Kier molecular flexibility index (Phi) is 4.05. The molecule has 4 aromatic heterocycles. The monoisotopic (exact) mass is 405 g/mol. The number of hydrogen-bond acceptors (Lipinski definition) is 6. The molecule has 30 heavy (non-hydrogen) atoms. The predicted octanol–water partition coefficient (Wildman–Crippen LogP) is 3.13.